The first-order chi connectivity index (χ1) is 8.62. The fraction of sp³-hybridized carbons (Fsp3) is 0.538. The van der Waals surface area contributed by atoms with Gasteiger partial charge in [-0.1, -0.05) is 25.0 Å². The summed E-state index contributed by atoms with van der Waals surface area (Å²) in [5.74, 6) is 0.736. The van der Waals surface area contributed by atoms with E-state index in [1.54, 1.807) is 12.1 Å². The van der Waals surface area contributed by atoms with Crippen molar-refractivity contribution in [3.8, 4) is 0 Å². The molecule has 1 aromatic rings. The van der Waals surface area contributed by atoms with Crippen LogP contribution >= 0.6 is 0 Å². The Hall–Kier alpha value is -0.910. The number of hydrogen-bond acceptors (Lipinski definition) is 3. The van der Waals surface area contributed by atoms with Crippen molar-refractivity contribution in [1.82, 2.24) is 4.72 Å². The van der Waals surface area contributed by atoms with Crippen LogP contribution < -0.4 is 10.5 Å². The summed E-state index contributed by atoms with van der Waals surface area (Å²) < 4.78 is 26.6. The van der Waals surface area contributed by atoms with E-state index in [2.05, 4.69) is 4.72 Å². The molecule has 100 valence electrons. The highest BCUT2D eigenvalue weighted by molar-refractivity contribution is 7.89. The summed E-state index contributed by atoms with van der Waals surface area (Å²) in [7, 11) is -3.34. The van der Waals surface area contributed by atoms with Gasteiger partial charge in [-0.3, -0.25) is 0 Å². The minimum Gasteiger partial charge on any atom is -0.330 e. The molecule has 1 aliphatic carbocycles. The number of sulfonamides is 1. The first-order valence-corrected chi connectivity index (χ1v) is 7.89. The molecule has 0 amide bonds. The third-order valence-corrected chi connectivity index (χ3v) is 4.69. The van der Waals surface area contributed by atoms with Crippen molar-refractivity contribution in [3.63, 3.8) is 0 Å². The van der Waals surface area contributed by atoms with E-state index in [0.717, 1.165) is 24.3 Å². The van der Waals surface area contributed by atoms with Crippen LogP contribution in [0, 0.1) is 5.92 Å². The van der Waals surface area contributed by atoms with Crippen LogP contribution in [0.5, 0.6) is 0 Å². The topological polar surface area (TPSA) is 72.2 Å². The van der Waals surface area contributed by atoms with Gasteiger partial charge in [0.05, 0.1) is 4.90 Å². The SMILES string of the molecule is NCCc1ccc(S(=O)(=O)NCCC2CC2)cc1. The van der Waals surface area contributed by atoms with Crippen LogP contribution in [0.3, 0.4) is 0 Å². The van der Waals surface area contributed by atoms with E-state index in [4.69, 9.17) is 5.73 Å². The van der Waals surface area contributed by atoms with Gasteiger partial charge in [-0.05, 0) is 43.0 Å². The van der Waals surface area contributed by atoms with Crippen LogP contribution in [0.15, 0.2) is 29.2 Å². The third kappa shape index (κ3) is 3.80. The largest absolute Gasteiger partial charge is 0.330 e. The highest BCUT2D eigenvalue weighted by atomic mass is 32.2. The fourth-order valence-corrected chi connectivity index (χ4v) is 2.94. The summed E-state index contributed by atoms with van der Waals surface area (Å²) in [5.41, 5.74) is 6.52. The molecule has 3 N–H and O–H groups in total. The lowest BCUT2D eigenvalue weighted by atomic mass is 10.2. The quantitative estimate of drug-likeness (QED) is 0.782. The molecule has 0 unspecified atom stereocenters. The molecule has 18 heavy (non-hydrogen) atoms. The second-order valence-corrected chi connectivity index (χ2v) is 6.58. The molecular weight excluding hydrogens is 248 g/mol. The van der Waals surface area contributed by atoms with Crippen LogP contribution in [-0.2, 0) is 16.4 Å². The van der Waals surface area contributed by atoms with Crippen LogP contribution in [0.2, 0.25) is 0 Å². The van der Waals surface area contributed by atoms with Crippen molar-refractivity contribution < 1.29 is 8.42 Å². The van der Waals surface area contributed by atoms with Crippen molar-refractivity contribution in [2.24, 2.45) is 11.7 Å². The van der Waals surface area contributed by atoms with Crippen molar-refractivity contribution >= 4 is 10.0 Å². The van der Waals surface area contributed by atoms with Crippen LogP contribution in [-0.4, -0.2) is 21.5 Å². The van der Waals surface area contributed by atoms with E-state index < -0.39 is 10.0 Å². The molecule has 0 saturated heterocycles. The molecule has 0 heterocycles. The maximum atomic E-state index is 12.0. The van der Waals surface area contributed by atoms with Crippen molar-refractivity contribution in [2.45, 2.75) is 30.6 Å². The number of nitrogens with one attached hydrogen (secondary N) is 1. The molecule has 1 saturated carbocycles. The van der Waals surface area contributed by atoms with Gasteiger partial charge in [-0.25, -0.2) is 13.1 Å². The van der Waals surface area contributed by atoms with Gasteiger partial charge in [0.15, 0.2) is 0 Å². The van der Waals surface area contributed by atoms with Crippen molar-refractivity contribution in [1.29, 1.82) is 0 Å². The number of rotatable bonds is 7. The Labute approximate surface area is 109 Å². The molecule has 1 fully saturated rings. The summed E-state index contributed by atoms with van der Waals surface area (Å²) in [6, 6.07) is 6.93. The van der Waals surface area contributed by atoms with Crippen LogP contribution in [0.25, 0.3) is 0 Å². The van der Waals surface area contributed by atoms with Crippen LogP contribution in [0.1, 0.15) is 24.8 Å². The number of nitrogens with two attached hydrogens (primary N) is 1. The Morgan fingerprint density at radius 1 is 1.22 bits per heavy atom. The van der Waals surface area contributed by atoms with E-state index >= 15 is 0 Å². The zero-order chi connectivity index (χ0) is 13.0. The average molecular weight is 268 g/mol. The molecule has 0 radical (unpaired) electrons. The Balaban J connectivity index is 1.94. The first kappa shape index (κ1) is 13.5. The summed E-state index contributed by atoms with van der Waals surface area (Å²) in [4.78, 5) is 0.332. The molecular formula is C13H20N2O2S. The van der Waals surface area contributed by atoms with Gasteiger partial charge < -0.3 is 5.73 Å². The fourth-order valence-electron chi connectivity index (χ4n) is 1.89. The van der Waals surface area contributed by atoms with Crippen molar-refractivity contribution in [2.75, 3.05) is 13.1 Å². The standard InChI is InChI=1S/C13H20N2O2S/c14-9-7-11-3-5-13(6-4-11)18(16,17)15-10-8-12-1-2-12/h3-6,12,15H,1-2,7-10,14H2. The second-order valence-electron chi connectivity index (χ2n) is 4.81. The van der Waals surface area contributed by atoms with Gasteiger partial charge in [-0.15, -0.1) is 0 Å². The van der Waals surface area contributed by atoms with E-state index in [1.165, 1.54) is 12.8 Å². The first-order valence-electron chi connectivity index (χ1n) is 6.40. The highest BCUT2D eigenvalue weighted by Crippen LogP contribution is 2.31. The number of hydrogen-bond donors (Lipinski definition) is 2. The predicted octanol–water partition coefficient (Wildman–Crippen LogP) is 1.27. The molecule has 0 aliphatic heterocycles. The van der Waals surface area contributed by atoms with Gasteiger partial charge in [0.25, 0.3) is 0 Å². The Kier molecular flexibility index (Phi) is 4.37. The van der Waals surface area contributed by atoms with E-state index in [-0.39, 0.29) is 0 Å². The van der Waals surface area contributed by atoms with E-state index in [9.17, 15) is 8.42 Å². The lowest BCUT2D eigenvalue weighted by Crippen LogP contribution is -2.25. The smallest absolute Gasteiger partial charge is 0.240 e. The molecule has 1 aliphatic rings. The molecule has 0 spiro atoms. The Bertz CT molecular complexity index is 478. The zero-order valence-electron chi connectivity index (χ0n) is 10.4. The molecule has 5 heteroatoms. The van der Waals surface area contributed by atoms with E-state index in [0.29, 0.717) is 18.0 Å². The zero-order valence-corrected chi connectivity index (χ0v) is 11.2. The van der Waals surface area contributed by atoms with Gasteiger partial charge >= 0.3 is 0 Å². The maximum absolute atomic E-state index is 12.0. The molecule has 0 bridgehead atoms. The lowest BCUT2D eigenvalue weighted by Gasteiger charge is -2.07. The molecule has 1 aromatic carbocycles. The maximum Gasteiger partial charge on any atom is 0.240 e. The van der Waals surface area contributed by atoms with Gasteiger partial charge in [-0.2, -0.15) is 0 Å². The summed E-state index contributed by atoms with van der Waals surface area (Å²) in [6.45, 7) is 1.11. The summed E-state index contributed by atoms with van der Waals surface area (Å²) in [5, 5.41) is 0. The monoisotopic (exact) mass is 268 g/mol. The average Bonchev–Trinajstić information content (AvgIpc) is 3.14. The minimum atomic E-state index is -3.34. The van der Waals surface area contributed by atoms with Gasteiger partial charge in [0.2, 0.25) is 10.0 Å². The second kappa shape index (κ2) is 5.82. The molecule has 0 atom stereocenters. The van der Waals surface area contributed by atoms with Gasteiger partial charge in [0, 0.05) is 6.54 Å². The Morgan fingerprint density at radius 2 is 1.89 bits per heavy atom. The highest BCUT2D eigenvalue weighted by Gasteiger charge is 2.22. The van der Waals surface area contributed by atoms with Gasteiger partial charge in [0.1, 0.15) is 0 Å². The summed E-state index contributed by atoms with van der Waals surface area (Å²) in [6.07, 6.45) is 4.21. The lowest BCUT2D eigenvalue weighted by molar-refractivity contribution is 0.575. The Morgan fingerprint density at radius 3 is 2.44 bits per heavy atom. The number of benzene rings is 1. The van der Waals surface area contributed by atoms with E-state index in [1.807, 2.05) is 12.1 Å². The third-order valence-electron chi connectivity index (χ3n) is 3.21. The van der Waals surface area contributed by atoms with Crippen LogP contribution in [0.4, 0.5) is 0 Å². The summed E-state index contributed by atoms with van der Waals surface area (Å²) >= 11 is 0. The molecule has 2 rings (SSSR count). The van der Waals surface area contributed by atoms with Crippen molar-refractivity contribution in [3.05, 3.63) is 29.8 Å². The minimum absolute atomic E-state index is 0.332. The normalized spacial score (nSPS) is 15.8. The molecule has 4 nitrogen and oxygen atoms in total. The predicted molar refractivity (Wildman–Crippen MR) is 71.7 cm³/mol. The molecule has 0 aromatic heterocycles.